The quantitative estimate of drug-likeness (QED) is 0.403. The van der Waals surface area contributed by atoms with Crippen molar-refractivity contribution in [2.24, 2.45) is 0 Å². The van der Waals surface area contributed by atoms with Crippen LogP contribution in [0.5, 0.6) is 0 Å². The van der Waals surface area contributed by atoms with E-state index in [0.717, 1.165) is 27.6 Å². The predicted octanol–water partition coefficient (Wildman–Crippen LogP) is 5.33. The van der Waals surface area contributed by atoms with E-state index < -0.39 is 6.04 Å². The van der Waals surface area contributed by atoms with Crippen LogP contribution >= 0.6 is 15.9 Å². The Hall–Kier alpha value is -2.92. The summed E-state index contributed by atoms with van der Waals surface area (Å²) in [7, 11) is 1.62. The molecule has 0 aliphatic rings. The molecule has 3 aromatic rings. The van der Waals surface area contributed by atoms with E-state index in [1.165, 1.54) is 5.56 Å². The lowest BCUT2D eigenvalue weighted by Crippen LogP contribution is -2.49. The molecule has 0 heterocycles. The maximum atomic E-state index is 13.5. The summed E-state index contributed by atoms with van der Waals surface area (Å²) >= 11 is 3.46. The average molecular weight is 507 g/mol. The minimum absolute atomic E-state index is 0.0259. The monoisotopic (exact) mass is 506 g/mol. The van der Waals surface area contributed by atoms with Crippen LogP contribution in [0.2, 0.25) is 0 Å². The highest BCUT2D eigenvalue weighted by Gasteiger charge is 2.29. The Balaban J connectivity index is 1.84. The van der Waals surface area contributed by atoms with Crippen molar-refractivity contribution in [3.63, 3.8) is 0 Å². The fourth-order valence-corrected chi connectivity index (χ4v) is 4.11. The van der Waals surface area contributed by atoms with Gasteiger partial charge in [0.05, 0.1) is 0 Å². The van der Waals surface area contributed by atoms with Gasteiger partial charge in [-0.25, -0.2) is 0 Å². The summed E-state index contributed by atoms with van der Waals surface area (Å²) in [4.78, 5) is 28.2. The summed E-state index contributed by atoms with van der Waals surface area (Å²) in [6, 6.07) is 25.5. The molecule has 1 atom stereocenters. The molecule has 0 aliphatic carbocycles. The molecule has 0 saturated heterocycles. The van der Waals surface area contributed by atoms with Gasteiger partial charge in [0, 0.05) is 30.9 Å². The minimum Gasteiger partial charge on any atom is -0.357 e. The second kappa shape index (κ2) is 12.4. The zero-order chi connectivity index (χ0) is 23.6. The molecule has 0 spiro atoms. The molecule has 3 aromatic carbocycles. The van der Waals surface area contributed by atoms with Gasteiger partial charge in [-0.15, -0.1) is 0 Å². The van der Waals surface area contributed by atoms with Gasteiger partial charge < -0.3 is 10.2 Å². The number of rotatable bonds is 10. The fourth-order valence-electron chi connectivity index (χ4n) is 3.84. The van der Waals surface area contributed by atoms with Crippen LogP contribution < -0.4 is 5.32 Å². The molecule has 3 rings (SSSR count). The lowest BCUT2D eigenvalue weighted by atomic mass is 10.0. The first-order chi connectivity index (χ1) is 16.0. The van der Waals surface area contributed by atoms with Gasteiger partial charge in [0.15, 0.2) is 0 Å². The molecule has 0 aromatic heterocycles. The number of benzene rings is 3. The van der Waals surface area contributed by atoms with E-state index in [1.54, 1.807) is 11.9 Å². The molecule has 172 valence electrons. The first kappa shape index (κ1) is 24.7. The standard InChI is InChI=1S/C28H31BrN2O2/c1-3-21-9-11-22(12-10-21)15-18-27(32)31(20-24-13-16-25(29)17-14-24)26(28(33)30-2)19-23-7-5-4-6-8-23/h4-14,16-17,26H,3,15,18-20H2,1-2H3,(H,30,33)/t26-/m0/s1. The Morgan fingerprint density at radius 1 is 0.848 bits per heavy atom. The molecule has 0 bridgehead atoms. The molecule has 0 radical (unpaired) electrons. The Bertz CT molecular complexity index is 1030. The van der Waals surface area contributed by atoms with Gasteiger partial charge in [0.25, 0.3) is 0 Å². The first-order valence-electron chi connectivity index (χ1n) is 11.4. The Morgan fingerprint density at radius 3 is 2.06 bits per heavy atom. The summed E-state index contributed by atoms with van der Waals surface area (Å²) in [5, 5.41) is 2.76. The normalized spacial score (nSPS) is 11.6. The van der Waals surface area contributed by atoms with E-state index in [-0.39, 0.29) is 11.8 Å². The van der Waals surface area contributed by atoms with Crippen molar-refractivity contribution in [3.8, 4) is 0 Å². The Kier molecular flexibility index (Phi) is 9.25. The van der Waals surface area contributed by atoms with Crippen LogP contribution in [0, 0.1) is 0 Å². The molecule has 0 unspecified atom stereocenters. The number of nitrogens with one attached hydrogen (secondary N) is 1. The molecule has 1 N–H and O–H groups in total. The van der Waals surface area contributed by atoms with Crippen LogP contribution in [0.3, 0.4) is 0 Å². The van der Waals surface area contributed by atoms with E-state index in [2.05, 4.69) is 52.4 Å². The van der Waals surface area contributed by atoms with Crippen LogP contribution in [-0.4, -0.2) is 29.8 Å². The third kappa shape index (κ3) is 7.29. The molecule has 5 heteroatoms. The summed E-state index contributed by atoms with van der Waals surface area (Å²) in [6.07, 6.45) is 2.46. The van der Waals surface area contributed by atoms with E-state index in [0.29, 0.717) is 25.8 Å². The van der Waals surface area contributed by atoms with Gasteiger partial charge in [-0.3, -0.25) is 9.59 Å². The van der Waals surface area contributed by atoms with Gasteiger partial charge >= 0.3 is 0 Å². The molecular formula is C28H31BrN2O2. The molecule has 0 saturated carbocycles. The van der Waals surface area contributed by atoms with Crippen LogP contribution in [0.1, 0.15) is 35.6 Å². The summed E-state index contributed by atoms with van der Waals surface area (Å²) in [5.74, 6) is -0.182. The number of likely N-dealkylation sites (N-methyl/N-ethyl adjacent to an activating group) is 1. The minimum atomic E-state index is -0.587. The number of halogens is 1. The first-order valence-corrected chi connectivity index (χ1v) is 12.2. The summed E-state index contributed by atoms with van der Waals surface area (Å²) in [5.41, 5.74) is 4.42. The highest BCUT2D eigenvalue weighted by molar-refractivity contribution is 9.10. The second-order valence-electron chi connectivity index (χ2n) is 8.14. The van der Waals surface area contributed by atoms with Crippen molar-refractivity contribution >= 4 is 27.7 Å². The zero-order valence-electron chi connectivity index (χ0n) is 19.3. The van der Waals surface area contributed by atoms with Crippen LogP contribution in [0.15, 0.2) is 83.3 Å². The van der Waals surface area contributed by atoms with Crippen LogP contribution in [0.4, 0.5) is 0 Å². The number of hydrogen-bond donors (Lipinski definition) is 1. The summed E-state index contributed by atoms with van der Waals surface area (Å²) < 4.78 is 0.979. The van der Waals surface area contributed by atoms with Crippen LogP contribution in [-0.2, 0) is 35.4 Å². The molecule has 0 aliphatic heterocycles. The van der Waals surface area contributed by atoms with Crippen molar-refractivity contribution in [1.82, 2.24) is 10.2 Å². The predicted molar refractivity (Wildman–Crippen MR) is 137 cm³/mol. The van der Waals surface area contributed by atoms with E-state index >= 15 is 0 Å². The Morgan fingerprint density at radius 2 is 1.45 bits per heavy atom. The second-order valence-corrected chi connectivity index (χ2v) is 9.05. The third-order valence-electron chi connectivity index (χ3n) is 5.84. The Labute approximate surface area is 205 Å². The number of carbonyl (C=O) groups is 2. The van der Waals surface area contributed by atoms with Gasteiger partial charge in [-0.2, -0.15) is 0 Å². The number of nitrogens with zero attached hydrogens (tertiary/aromatic N) is 1. The van der Waals surface area contributed by atoms with Crippen molar-refractivity contribution in [1.29, 1.82) is 0 Å². The van der Waals surface area contributed by atoms with Gasteiger partial charge in [-0.1, -0.05) is 89.6 Å². The third-order valence-corrected chi connectivity index (χ3v) is 6.37. The average Bonchev–Trinajstić information content (AvgIpc) is 2.86. The number of hydrogen-bond acceptors (Lipinski definition) is 2. The highest BCUT2D eigenvalue weighted by Crippen LogP contribution is 2.18. The lowest BCUT2D eigenvalue weighted by Gasteiger charge is -2.31. The van der Waals surface area contributed by atoms with E-state index in [9.17, 15) is 9.59 Å². The molecule has 2 amide bonds. The van der Waals surface area contributed by atoms with E-state index in [4.69, 9.17) is 0 Å². The van der Waals surface area contributed by atoms with Gasteiger partial charge in [-0.05, 0) is 47.2 Å². The highest BCUT2D eigenvalue weighted by atomic mass is 79.9. The fraction of sp³-hybridized carbons (Fsp3) is 0.286. The number of amides is 2. The number of carbonyl (C=O) groups excluding carboxylic acids is 2. The topological polar surface area (TPSA) is 49.4 Å². The van der Waals surface area contributed by atoms with Crippen molar-refractivity contribution in [3.05, 3.63) is 106 Å². The van der Waals surface area contributed by atoms with Crippen LogP contribution in [0.25, 0.3) is 0 Å². The van der Waals surface area contributed by atoms with Crippen molar-refractivity contribution in [2.45, 2.75) is 45.2 Å². The SMILES string of the molecule is CCc1ccc(CCC(=O)N(Cc2ccc(Br)cc2)[C@@H](Cc2ccccc2)C(=O)NC)cc1. The molecule has 33 heavy (non-hydrogen) atoms. The summed E-state index contributed by atoms with van der Waals surface area (Å²) in [6.45, 7) is 2.51. The van der Waals surface area contributed by atoms with Crippen molar-refractivity contribution < 1.29 is 9.59 Å². The van der Waals surface area contributed by atoms with Gasteiger partial charge in [0.2, 0.25) is 11.8 Å². The molecule has 4 nitrogen and oxygen atoms in total. The maximum absolute atomic E-state index is 13.5. The largest absolute Gasteiger partial charge is 0.357 e. The number of aryl methyl sites for hydroxylation is 2. The van der Waals surface area contributed by atoms with Gasteiger partial charge in [0.1, 0.15) is 6.04 Å². The lowest BCUT2D eigenvalue weighted by molar-refractivity contribution is -0.141. The maximum Gasteiger partial charge on any atom is 0.242 e. The zero-order valence-corrected chi connectivity index (χ0v) is 20.8. The van der Waals surface area contributed by atoms with Crippen molar-refractivity contribution in [2.75, 3.05) is 7.05 Å². The molecule has 0 fully saturated rings. The molecular weight excluding hydrogens is 476 g/mol. The van der Waals surface area contributed by atoms with E-state index in [1.807, 2.05) is 54.6 Å². The smallest absolute Gasteiger partial charge is 0.242 e.